The maximum Gasteiger partial charge on any atom is 0.257 e. The number of hydrogen-bond donors (Lipinski definition) is 1. The Bertz CT molecular complexity index is 656. The van der Waals surface area contributed by atoms with E-state index in [1.54, 1.807) is 13.1 Å². The first-order valence-electron chi connectivity index (χ1n) is 6.56. The van der Waals surface area contributed by atoms with Crippen molar-refractivity contribution in [2.75, 3.05) is 14.2 Å². The summed E-state index contributed by atoms with van der Waals surface area (Å²) in [4.78, 5) is 18.3. The first kappa shape index (κ1) is 14.8. The Balaban J connectivity index is 2.19. The number of aryl methyl sites for hydroxylation is 1. The average Bonchev–Trinajstić information content (AvgIpc) is 2.47. The molecule has 5 heteroatoms. The van der Waals surface area contributed by atoms with Crippen LogP contribution in [0.1, 0.15) is 21.7 Å². The number of carbonyl (C=O) groups is 1. The van der Waals surface area contributed by atoms with Crippen LogP contribution in [0.3, 0.4) is 0 Å². The van der Waals surface area contributed by atoms with Crippen LogP contribution < -0.4 is 4.74 Å². The molecule has 0 saturated carbocycles. The van der Waals surface area contributed by atoms with Gasteiger partial charge >= 0.3 is 0 Å². The highest BCUT2D eigenvalue weighted by Gasteiger charge is 2.17. The van der Waals surface area contributed by atoms with E-state index in [1.165, 1.54) is 24.1 Å². The van der Waals surface area contributed by atoms with Gasteiger partial charge in [0.15, 0.2) is 0 Å². The van der Waals surface area contributed by atoms with E-state index in [0.717, 1.165) is 11.4 Å². The predicted molar refractivity (Wildman–Crippen MR) is 79.4 cm³/mol. The van der Waals surface area contributed by atoms with Crippen LogP contribution >= 0.6 is 0 Å². The summed E-state index contributed by atoms with van der Waals surface area (Å²) in [5, 5.41) is 9.84. The number of benzene rings is 1. The number of phenolic OH excluding ortho intramolecular Hbond substituents is 1. The van der Waals surface area contributed by atoms with E-state index in [-0.39, 0.29) is 17.2 Å². The number of aromatic nitrogens is 1. The number of amides is 1. The van der Waals surface area contributed by atoms with Gasteiger partial charge in [0.25, 0.3) is 5.91 Å². The molecule has 1 aromatic heterocycles. The second-order valence-electron chi connectivity index (χ2n) is 4.81. The molecule has 0 aliphatic rings. The fourth-order valence-corrected chi connectivity index (χ4v) is 2.02. The summed E-state index contributed by atoms with van der Waals surface area (Å²) in [6, 6.07) is 10.2. The third-order valence-electron chi connectivity index (χ3n) is 3.13. The highest BCUT2D eigenvalue weighted by Crippen LogP contribution is 2.24. The number of ether oxygens (including phenoxy) is 1. The summed E-state index contributed by atoms with van der Waals surface area (Å²) in [5.74, 6) is 0.179. The summed E-state index contributed by atoms with van der Waals surface area (Å²) >= 11 is 0. The third kappa shape index (κ3) is 3.51. The molecule has 1 heterocycles. The molecule has 0 bridgehead atoms. The van der Waals surface area contributed by atoms with Crippen molar-refractivity contribution < 1.29 is 14.6 Å². The van der Waals surface area contributed by atoms with Crippen LogP contribution in [0.4, 0.5) is 0 Å². The van der Waals surface area contributed by atoms with Gasteiger partial charge in [-0.25, -0.2) is 0 Å². The molecule has 0 aliphatic heterocycles. The van der Waals surface area contributed by atoms with Gasteiger partial charge in [-0.15, -0.1) is 0 Å². The van der Waals surface area contributed by atoms with Gasteiger partial charge in [-0.05, 0) is 37.3 Å². The van der Waals surface area contributed by atoms with E-state index in [9.17, 15) is 9.90 Å². The Morgan fingerprint density at radius 2 is 2.10 bits per heavy atom. The molecule has 5 nitrogen and oxygen atoms in total. The Kier molecular flexibility index (Phi) is 4.42. The largest absolute Gasteiger partial charge is 0.507 e. The first-order chi connectivity index (χ1) is 10.0. The topological polar surface area (TPSA) is 62.7 Å². The Morgan fingerprint density at radius 1 is 1.33 bits per heavy atom. The van der Waals surface area contributed by atoms with Crippen molar-refractivity contribution in [3.63, 3.8) is 0 Å². The first-order valence-corrected chi connectivity index (χ1v) is 6.56. The van der Waals surface area contributed by atoms with Crippen LogP contribution in [0.15, 0.2) is 36.4 Å². The molecule has 1 aromatic carbocycles. The molecule has 0 radical (unpaired) electrons. The quantitative estimate of drug-likeness (QED) is 0.937. The molecule has 0 unspecified atom stereocenters. The molecule has 110 valence electrons. The van der Waals surface area contributed by atoms with Crippen LogP contribution in [0.2, 0.25) is 0 Å². The lowest BCUT2D eigenvalue weighted by molar-refractivity contribution is 0.0780. The van der Waals surface area contributed by atoms with Gasteiger partial charge in [-0.3, -0.25) is 9.78 Å². The minimum Gasteiger partial charge on any atom is -0.507 e. The number of methoxy groups -OCH3 is 1. The summed E-state index contributed by atoms with van der Waals surface area (Å²) in [6.45, 7) is 2.27. The normalized spacial score (nSPS) is 10.2. The van der Waals surface area contributed by atoms with E-state index in [0.29, 0.717) is 12.3 Å². The van der Waals surface area contributed by atoms with Gasteiger partial charge in [0, 0.05) is 12.7 Å². The monoisotopic (exact) mass is 286 g/mol. The van der Waals surface area contributed by atoms with Gasteiger partial charge < -0.3 is 14.7 Å². The molecular weight excluding hydrogens is 268 g/mol. The minimum atomic E-state index is -0.283. The molecule has 21 heavy (non-hydrogen) atoms. The summed E-state index contributed by atoms with van der Waals surface area (Å²) in [5.41, 5.74) is 1.91. The summed E-state index contributed by atoms with van der Waals surface area (Å²) < 4.78 is 5.08. The van der Waals surface area contributed by atoms with Crippen LogP contribution in [-0.2, 0) is 6.54 Å². The molecule has 0 saturated heterocycles. The Labute approximate surface area is 123 Å². The number of carbonyl (C=O) groups excluding carboxylic acids is 1. The molecule has 2 rings (SSSR count). The minimum absolute atomic E-state index is 0.0650. The predicted octanol–water partition coefficient (Wildman–Crippen LogP) is 2.38. The second kappa shape index (κ2) is 6.26. The van der Waals surface area contributed by atoms with Crippen molar-refractivity contribution in [1.29, 1.82) is 0 Å². The maximum absolute atomic E-state index is 12.4. The van der Waals surface area contributed by atoms with Crippen molar-refractivity contribution in [1.82, 2.24) is 9.88 Å². The van der Waals surface area contributed by atoms with E-state index >= 15 is 0 Å². The summed E-state index contributed by atoms with van der Waals surface area (Å²) in [7, 11) is 3.19. The maximum atomic E-state index is 12.4. The smallest absolute Gasteiger partial charge is 0.257 e. The zero-order valence-electron chi connectivity index (χ0n) is 12.3. The Hall–Kier alpha value is -2.56. The lowest BCUT2D eigenvalue weighted by Gasteiger charge is -2.18. The second-order valence-corrected chi connectivity index (χ2v) is 4.81. The fourth-order valence-electron chi connectivity index (χ4n) is 2.02. The molecule has 0 spiro atoms. The molecule has 1 N–H and O–H groups in total. The fraction of sp³-hybridized carbons (Fsp3) is 0.250. The standard InChI is InChI=1S/C16H18N2O3/c1-11-5-4-6-12(17-11)10-18(2)16(20)14-9-13(21-3)7-8-15(14)19/h4-9,19H,10H2,1-3H3. The molecule has 0 fully saturated rings. The number of rotatable bonds is 4. The molecule has 1 amide bonds. The zero-order valence-corrected chi connectivity index (χ0v) is 12.3. The van der Waals surface area contributed by atoms with Crippen molar-refractivity contribution >= 4 is 5.91 Å². The zero-order chi connectivity index (χ0) is 15.4. The number of phenols is 1. The number of pyridine rings is 1. The number of aromatic hydroxyl groups is 1. The van der Waals surface area contributed by atoms with E-state index < -0.39 is 0 Å². The average molecular weight is 286 g/mol. The van der Waals surface area contributed by atoms with E-state index in [2.05, 4.69) is 4.98 Å². The lowest BCUT2D eigenvalue weighted by atomic mass is 10.1. The molecule has 2 aromatic rings. The van der Waals surface area contributed by atoms with Crippen LogP contribution in [0.25, 0.3) is 0 Å². The lowest BCUT2D eigenvalue weighted by Crippen LogP contribution is -2.26. The Morgan fingerprint density at radius 3 is 2.76 bits per heavy atom. The SMILES string of the molecule is COc1ccc(O)c(C(=O)N(C)Cc2cccc(C)n2)c1. The van der Waals surface area contributed by atoms with Gasteiger partial charge in [0.1, 0.15) is 11.5 Å². The van der Waals surface area contributed by atoms with Crippen LogP contribution in [0, 0.1) is 6.92 Å². The van der Waals surface area contributed by atoms with Crippen molar-refractivity contribution in [2.24, 2.45) is 0 Å². The van der Waals surface area contributed by atoms with Crippen LogP contribution in [-0.4, -0.2) is 35.1 Å². The highest BCUT2D eigenvalue weighted by atomic mass is 16.5. The van der Waals surface area contributed by atoms with Crippen LogP contribution in [0.5, 0.6) is 11.5 Å². The third-order valence-corrected chi connectivity index (χ3v) is 3.13. The van der Waals surface area contributed by atoms with Crippen molar-refractivity contribution in [3.05, 3.63) is 53.3 Å². The van der Waals surface area contributed by atoms with E-state index in [4.69, 9.17) is 4.74 Å². The molecule has 0 atom stereocenters. The highest BCUT2D eigenvalue weighted by molar-refractivity contribution is 5.97. The van der Waals surface area contributed by atoms with Crippen molar-refractivity contribution in [3.8, 4) is 11.5 Å². The van der Waals surface area contributed by atoms with Gasteiger partial charge in [-0.1, -0.05) is 6.07 Å². The summed E-state index contributed by atoms with van der Waals surface area (Å²) in [6.07, 6.45) is 0. The number of hydrogen-bond acceptors (Lipinski definition) is 4. The van der Waals surface area contributed by atoms with E-state index in [1.807, 2.05) is 25.1 Å². The number of nitrogens with zero attached hydrogens (tertiary/aromatic N) is 2. The van der Waals surface area contributed by atoms with Crippen molar-refractivity contribution in [2.45, 2.75) is 13.5 Å². The van der Waals surface area contributed by atoms with Gasteiger partial charge in [-0.2, -0.15) is 0 Å². The van der Waals surface area contributed by atoms with Gasteiger partial charge in [0.05, 0.1) is 24.9 Å². The molecule has 0 aliphatic carbocycles. The van der Waals surface area contributed by atoms with Gasteiger partial charge in [0.2, 0.25) is 0 Å². The molecular formula is C16H18N2O3.